The van der Waals surface area contributed by atoms with Crippen LogP contribution in [-0.2, 0) is 9.59 Å². The molecule has 2 saturated heterocycles. The lowest BCUT2D eigenvalue weighted by atomic mass is 10.0. The summed E-state index contributed by atoms with van der Waals surface area (Å²) in [5.74, 6) is -0.609. The first-order valence-corrected chi connectivity index (χ1v) is 8.34. The first-order chi connectivity index (χ1) is 11.6. The number of fused-ring (bicyclic) bond motifs is 1. The average molecular weight is 333 g/mol. The van der Waals surface area contributed by atoms with Gasteiger partial charge in [-0.05, 0) is 25.8 Å². The van der Waals surface area contributed by atoms with Gasteiger partial charge in [0.05, 0.1) is 19.5 Å². The highest BCUT2D eigenvalue weighted by atomic mass is 16.5. The molecule has 2 atom stereocenters. The van der Waals surface area contributed by atoms with Crippen molar-refractivity contribution >= 4 is 17.8 Å². The van der Waals surface area contributed by atoms with E-state index in [0.29, 0.717) is 18.3 Å². The number of rotatable bonds is 3. The molecule has 8 nitrogen and oxygen atoms in total. The molecule has 0 spiro atoms. The van der Waals surface area contributed by atoms with Gasteiger partial charge in [-0.15, -0.1) is 0 Å². The maximum atomic E-state index is 12.6. The van der Waals surface area contributed by atoms with Gasteiger partial charge >= 0.3 is 11.8 Å². The van der Waals surface area contributed by atoms with Crippen LogP contribution < -0.4 is 10.1 Å². The highest BCUT2D eigenvalue weighted by molar-refractivity contribution is 6.39. The van der Waals surface area contributed by atoms with E-state index in [2.05, 4.69) is 20.2 Å². The van der Waals surface area contributed by atoms with Gasteiger partial charge in [0.25, 0.3) is 0 Å². The number of nitrogens with one attached hydrogen (secondary N) is 1. The summed E-state index contributed by atoms with van der Waals surface area (Å²) in [6, 6.07) is 0.455. The monoisotopic (exact) mass is 333 g/mol. The molecule has 3 rings (SSSR count). The second-order valence-electron chi connectivity index (χ2n) is 6.21. The van der Waals surface area contributed by atoms with Crippen molar-refractivity contribution in [1.29, 1.82) is 0 Å². The fourth-order valence-electron chi connectivity index (χ4n) is 3.46. The van der Waals surface area contributed by atoms with Gasteiger partial charge in [0.15, 0.2) is 5.75 Å². The molecule has 0 radical (unpaired) electrons. The van der Waals surface area contributed by atoms with E-state index >= 15 is 0 Å². The zero-order valence-corrected chi connectivity index (χ0v) is 14.1. The molecule has 2 aliphatic heterocycles. The predicted octanol–water partition coefficient (Wildman–Crippen LogP) is 0.509. The van der Waals surface area contributed by atoms with Crippen molar-refractivity contribution in [3.05, 3.63) is 12.4 Å². The molecule has 2 aliphatic rings. The molecule has 1 aromatic rings. The lowest BCUT2D eigenvalue weighted by Crippen LogP contribution is -2.59. The van der Waals surface area contributed by atoms with Crippen LogP contribution in [0.25, 0.3) is 0 Å². The van der Waals surface area contributed by atoms with Crippen molar-refractivity contribution in [2.24, 2.45) is 0 Å². The minimum atomic E-state index is -0.690. The quantitative estimate of drug-likeness (QED) is 0.811. The number of hydrogen-bond donors (Lipinski definition) is 1. The van der Waals surface area contributed by atoms with E-state index in [-0.39, 0.29) is 12.0 Å². The zero-order chi connectivity index (χ0) is 17.1. The Balaban J connectivity index is 1.66. The molecular formula is C16H23N5O3. The number of piperazine rings is 1. The lowest BCUT2D eigenvalue weighted by Gasteiger charge is -2.43. The van der Waals surface area contributed by atoms with Gasteiger partial charge in [0, 0.05) is 25.2 Å². The Kier molecular flexibility index (Phi) is 4.94. The number of anilines is 1. The molecule has 8 heteroatoms. The molecule has 0 unspecified atom stereocenters. The molecule has 0 bridgehead atoms. The van der Waals surface area contributed by atoms with Gasteiger partial charge < -0.3 is 9.64 Å². The number of aromatic nitrogens is 2. The summed E-state index contributed by atoms with van der Waals surface area (Å²) in [7, 11) is 1.51. The first-order valence-electron chi connectivity index (χ1n) is 8.34. The number of nitrogens with zero attached hydrogens (tertiary/aromatic N) is 4. The third-order valence-corrected chi connectivity index (χ3v) is 4.81. The summed E-state index contributed by atoms with van der Waals surface area (Å²) in [6.07, 6.45) is 5.97. The van der Waals surface area contributed by atoms with E-state index in [4.69, 9.17) is 4.74 Å². The fraction of sp³-hybridized carbons (Fsp3) is 0.625. The third-order valence-electron chi connectivity index (χ3n) is 4.81. The van der Waals surface area contributed by atoms with Gasteiger partial charge in [-0.3, -0.25) is 19.8 Å². The summed E-state index contributed by atoms with van der Waals surface area (Å²) in [6.45, 7) is 4.61. The van der Waals surface area contributed by atoms with E-state index in [1.165, 1.54) is 19.5 Å². The Labute approximate surface area is 141 Å². The largest absolute Gasteiger partial charge is 0.494 e. The van der Waals surface area contributed by atoms with E-state index < -0.39 is 11.8 Å². The SMILES string of the molecule is CC[C@H]1CN2CCC[C@@H]2CN1C(=O)C(=O)Nc1ncc(OC)cn1. The van der Waals surface area contributed by atoms with Gasteiger partial charge in [-0.1, -0.05) is 6.92 Å². The smallest absolute Gasteiger partial charge is 0.316 e. The minimum Gasteiger partial charge on any atom is -0.494 e. The Morgan fingerprint density at radius 3 is 2.75 bits per heavy atom. The second-order valence-corrected chi connectivity index (χ2v) is 6.21. The number of hydrogen-bond acceptors (Lipinski definition) is 6. The summed E-state index contributed by atoms with van der Waals surface area (Å²) < 4.78 is 4.97. The normalized spacial score (nSPS) is 23.7. The molecule has 24 heavy (non-hydrogen) atoms. The van der Waals surface area contributed by atoms with Crippen LogP contribution in [0.2, 0.25) is 0 Å². The van der Waals surface area contributed by atoms with Gasteiger partial charge in [0.2, 0.25) is 5.95 Å². The van der Waals surface area contributed by atoms with E-state index in [9.17, 15) is 9.59 Å². The second kappa shape index (κ2) is 7.12. The highest BCUT2D eigenvalue weighted by Gasteiger charge is 2.39. The van der Waals surface area contributed by atoms with E-state index in [1.54, 1.807) is 4.90 Å². The van der Waals surface area contributed by atoms with Gasteiger partial charge in [0.1, 0.15) is 0 Å². The van der Waals surface area contributed by atoms with Crippen LogP contribution in [0.1, 0.15) is 26.2 Å². The molecule has 130 valence electrons. The van der Waals surface area contributed by atoms with Crippen LogP contribution in [0.15, 0.2) is 12.4 Å². The lowest BCUT2D eigenvalue weighted by molar-refractivity contribution is -0.147. The number of amides is 2. The van der Waals surface area contributed by atoms with Crippen molar-refractivity contribution in [2.45, 2.75) is 38.3 Å². The van der Waals surface area contributed by atoms with Crippen LogP contribution in [0.4, 0.5) is 5.95 Å². The van der Waals surface area contributed by atoms with Crippen LogP contribution in [0, 0.1) is 0 Å². The van der Waals surface area contributed by atoms with Crippen LogP contribution in [-0.4, -0.2) is 70.4 Å². The number of carbonyl (C=O) groups is 2. The summed E-state index contributed by atoms with van der Waals surface area (Å²) in [4.78, 5) is 37.0. The number of ether oxygens (including phenoxy) is 1. The highest BCUT2D eigenvalue weighted by Crippen LogP contribution is 2.26. The van der Waals surface area contributed by atoms with Crippen molar-refractivity contribution < 1.29 is 14.3 Å². The molecule has 0 aliphatic carbocycles. The Hall–Kier alpha value is -2.22. The van der Waals surface area contributed by atoms with Gasteiger partial charge in [-0.25, -0.2) is 9.97 Å². The molecule has 1 aromatic heterocycles. The molecule has 2 amide bonds. The van der Waals surface area contributed by atoms with E-state index in [0.717, 1.165) is 32.4 Å². The molecule has 1 N–H and O–H groups in total. The minimum absolute atomic E-state index is 0.0781. The summed E-state index contributed by atoms with van der Waals surface area (Å²) in [5, 5.41) is 2.47. The zero-order valence-electron chi connectivity index (χ0n) is 14.1. The standard InChI is InChI=1S/C16H23N5O3/c1-3-11-9-20-6-4-5-12(20)10-21(11)15(23)14(22)19-16-17-7-13(24-2)8-18-16/h7-8,11-12H,3-6,9-10H2,1-2H3,(H,17,18,19,22)/t11-,12+/m0/s1. The summed E-state index contributed by atoms with van der Waals surface area (Å²) in [5.41, 5.74) is 0. The topological polar surface area (TPSA) is 87.7 Å². The third kappa shape index (κ3) is 3.33. The van der Waals surface area contributed by atoms with Crippen molar-refractivity contribution in [3.8, 4) is 5.75 Å². The van der Waals surface area contributed by atoms with Crippen LogP contribution in [0.3, 0.4) is 0 Å². The number of carbonyl (C=O) groups excluding carboxylic acids is 2. The first kappa shape index (κ1) is 16.6. The van der Waals surface area contributed by atoms with Crippen LogP contribution in [0.5, 0.6) is 5.75 Å². The molecule has 3 heterocycles. The van der Waals surface area contributed by atoms with E-state index in [1.807, 2.05) is 6.92 Å². The Morgan fingerprint density at radius 1 is 1.33 bits per heavy atom. The van der Waals surface area contributed by atoms with Crippen molar-refractivity contribution in [3.63, 3.8) is 0 Å². The number of methoxy groups -OCH3 is 1. The Morgan fingerprint density at radius 2 is 2.08 bits per heavy atom. The maximum absolute atomic E-state index is 12.6. The predicted molar refractivity (Wildman–Crippen MR) is 87.6 cm³/mol. The molecule has 0 aromatic carbocycles. The molecule has 2 fully saturated rings. The van der Waals surface area contributed by atoms with Gasteiger partial charge in [-0.2, -0.15) is 0 Å². The van der Waals surface area contributed by atoms with Crippen LogP contribution >= 0.6 is 0 Å². The average Bonchev–Trinajstić information content (AvgIpc) is 3.07. The molecule has 0 saturated carbocycles. The molecular weight excluding hydrogens is 310 g/mol. The summed E-state index contributed by atoms with van der Waals surface area (Å²) >= 11 is 0. The Bertz CT molecular complexity index is 606. The van der Waals surface area contributed by atoms with Crippen molar-refractivity contribution in [1.82, 2.24) is 19.8 Å². The van der Waals surface area contributed by atoms with Crippen molar-refractivity contribution in [2.75, 3.05) is 32.1 Å². The fourth-order valence-corrected chi connectivity index (χ4v) is 3.46. The maximum Gasteiger partial charge on any atom is 0.316 e.